The van der Waals surface area contributed by atoms with Gasteiger partial charge in [-0.25, -0.2) is 9.78 Å². The number of nitrogens with zero attached hydrogens (tertiary/aromatic N) is 2. The first-order valence-corrected chi connectivity index (χ1v) is 7.15. The molecular weight excluding hydrogens is 268 g/mol. The lowest BCUT2D eigenvalue weighted by molar-refractivity contribution is 0.0696. The number of pyridine rings is 1. The van der Waals surface area contributed by atoms with Crippen molar-refractivity contribution in [1.29, 1.82) is 0 Å². The molecule has 0 bridgehead atoms. The van der Waals surface area contributed by atoms with Gasteiger partial charge in [-0.15, -0.1) is 0 Å². The Labute approximate surface area is 124 Å². The highest BCUT2D eigenvalue weighted by Crippen LogP contribution is 2.19. The van der Waals surface area contributed by atoms with Crippen molar-refractivity contribution in [3.05, 3.63) is 47.5 Å². The van der Waals surface area contributed by atoms with E-state index in [1.165, 1.54) is 0 Å². The Kier molecular flexibility index (Phi) is 4.98. The van der Waals surface area contributed by atoms with E-state index in [1.807, 2.05) is 24.0 Å². The minimum atomic E-state index is -0.926. The van der Waals surface area contributed by atoms with Crippen LogP contribution in [0.3, 0.4) is 0 Å². The molecule has 0 fully saturated rings. The van der Waals surface area contributed by atoms with E-state index in [2.05, 4.69) is 11.9 Å². The van der Waals surface area contributed by atoms with E-state index in [9.17, 15) is 9.90 Å². The van der Waals surface area contributed by atoms with Crippen molar-refractivity contribution in [2.24, 2.45) is 0 Å². The molecule has 0 aromatic carbocycles. The molecule has 2 aromatic rings. The number of anilines is 1. The smallest absolute Gasteiger partial charge is 0.335 e. The van der Waals surface area contributed by atoms with Crippen LogP contribution in [0.4, 0.5) is 5.82 Å². The molecule has 112 valence electrons. The largest absolute Gasteiger partial charge is 0.478 e. The summed E-state index contributed by atoms with van der Waals surface area (Å²) in [5, 5.41) is 9.25. The van der Waals surface area contributed by atoms with Crippen LogP contribution < -0.4 is 4.90 Å². The molecule has 0 radical (unpaired) electrons. The zero-order valence-electron chi connectivity index (χ0n) is 12.4. The molecule has 0 amide bonds. The number of hydrogen-bond donors (Lipinski definition) is 1. The third-order valence-electron chi connectivity index (χ3n) is 3.25. The number of carbonyl (C=O) groups is 1. The quantitative estimate of drug-likeness (QED) is 0.846. The highest BCUT2D eigenvalue weighted by Gasteiger charge is 2.14. The first-order valence-electron chi connectivity index (χ1n) is 7.15. The Morgan fingerprint density at radius 2 is 2.19 bits per heavy atom. The van der Waals surface area contributed by atoms with Crippen molar-refractivity contribution in [3.8, 4) is 0 Å². The lowest BCUT2D eigenvalue weighted by Gasteiger charge is -2.22. The Morgan fingerprint density at radius 3 is 2.76 bits per heavy atom. The van der Waals surface area contributed by atoms with Gasteiger partial charge in [-0.3, -0.25) is 0 Å². The molecule has 0 aliphatic rings. The van der Waals surface area contributed by atoms with Crippen LogP contribution in [0.2, 0.25) is 0 Å². The van der Waals surface area contributed by atoms with Crippen LogP contribution in [0, 0.1) is 0 Å². The fourth-order valence-corrected chi connectivity index (χ4v) is 2.19. The first-order chi connectivity index (χ1) is 10.1. The van der Waals surface area contributed by atoms with E-state index in [0.29, 0.717) is 12.4 Å². The van der Waals surface area contributed by atoms with Crippen LogP contribution in [0.25, 0.3) is 0 Å². The van der Waals surface area contributed by atoms with Gasteiger partial charge in [0, 0.05) is 12.2 Å². The van der Waals surface area contributed by atoms with Crippen molar-refractivity contribution in [2.45, 2.75) is 33.2 Å². The van der Waals surface area contributed by atoms with E-state index in [-0.39, 0.29) is 5.56 Å². The van der Waals surface area contributed by atoms with Gasteiger partial charge in [0.15, 0.2) is 0 Å². The summed E-state index contributed by atoms with van der Waals surface area (Å²) < 4.78 is 5.36. The van der Waals surface area contributed by atoms with Crippen molar-refractivity contribution in [1.82, 2.24) is 4.98 Å². The molecule has 0 atom stereocenters. The van der Waals surface area contributed by atoms with Gasteiger partial charge in [-0.05, 0) is 37.6 Å². The zero-order valence-corrected chi connectivity index (χ0v) is 12.4. The summed E-state index contributed by atoms with van der Waals surface area (Å²) in [6.07, 6.45) is 3.33. The second-order valence-electron chi connectivity index (χ2n) is 4.85. The van der Waals surface area contributed by atoms with Gasteiger partial charge in [-0.1, -0.05) is 13.3 Å². The van der Waals surface area contributed by atoms with Gasteiger partial charge in [0.1, 0.15) is 11.6 Å². The predicted molar refractivity (Wildman–Crippen MR) is 80.6 cm³/mol. The topological polar surface area (TPSA) is 66.6 Å². The second kappa shape index (κ2) is 6.92. The molecule has 5 nitrogen and oxygen atoms in total. The lowest BCUT2D eigenvalue weighted by Crippen LogP contribution is -2.23. The summed E-state index contributed by atoms with van der Waals surface area (Å²) in [7, 11) is 0. The zero-order chi connectivity index (χ0) is 15.2. The molecule has 0 aliphatic heterocycles. The molecular formula is C16H20N2O3. The minimum Gasteiger partial charge on any atom is -0.478 e. The summed E-state index contributed by atoms with van der Waals surface area (Å²) in [5.74, 6) is 0.582. The Balaban J connectivity index is 2.32. The van der Waals surface area contributed by atoms with Crippen LogP contribution in [0.5, 0.6) is 0 Å². The van der Waals surface area contributed by atoms with Crippen LogP contribution in [-0.2, 0) is 13.0 Å². The van der Waals surface area contributed by atoms with E-state index >= 15 is 0 Å². The monoisotopic (exact) mass is 288 g/mol. The summed E-state index contributed by atoms with van der Waals surface area (Å²) in [4.78, 5) is 17.9. The van der Waals surface area contributed by atoms with Crippen LogP contribution >= 0.6 is 0 Å². The van der Waals surface area contributed by atoms with Gasteiger partial charge < -0.3 is 14.4 Å². The van der Waals surface area contributed by atoms with Crippen LogP contribution in [-0.4, -0.2) is 22.6 Å². The maximum Gasteiger partial charge on any atom is 0.335 e. The van der Waals surface area contributed by atoms with E-state index in [1.54, 1.807) is 18.4 Å². The van der Waals surface area contributed by atoms with Crippen molar-refractivity contribution in [2.75, 3.05) is 11.4 Å². The van der Waals surface area contributed by atoms with E-state index < -0.39 is 5.97 Å². The highest BCUT2D eigenvalue weighted by molar-refractivity contribution is 5.88. The first kappa shape index (κ1) is 15.1. The van der Waals surface area contributed by atoms with Gasteiger partial charge in [0.25, 0.3) is 0 Å². The number of aryl methyl sites for hydroxylation is 1. The third-order valence-corrected chi connectivity index (χ3v) is 3.25. The van der Waals surface area contributed by atoms with Crippen molar-refractivity contribution < 1.29 is 14.3 Å². The Bertz CT molecular complexity index is 594. The van der Waals surface area contributed by atoms with Gasteiger partial charge in [-0.2, -0.15) is 0 Å². The minimum absolute atomic E-state index is 0.279. The summed E-state index contributed by atoms with van der Waals surface area (Å²) in [5.41, 5.74) is 1.09. The number of aromatic nitrogens is 1. The molecule has 0 unspecified atom stereocenters. The van der Waals surface area contributed by atoms with Crippen molar-refractivity contribution >= 4 is 11.8 Å². The molecule has 1 N–H and O–H groups in total. The molecule has 2 aromatic heterocycles. The molecule has 0 saturated heterocycles. The summed E-state index contributed by atoms with van der Waals surface area (Å²) in [6.45, 7) is 5.36. The third kappa shape index (κ3) is 3.84. The molecule has 5 heteroatoms. The summed E-state index contributed by atoms with van der Waals surface area (Å²) in [6, 6.07) is 7.01. The van der Waals surface area contributed by atoms with E-state index in [0.717, 1.165) is 30.8 Å². The number of rotatable bonds is 7. The van der Waals surface area contributed by atoms with Crippen LogP contribution in [0.1, 0.15) is 42.1 Å². The van der Waals surface area contributed by atoms with Gasteiger partial charge >= 0.3 is 5.97 Å². The van der Waals surface area contributed by atoms with Crippen molar-refractivity contribution in [3.63, 3.8) is 0 Å². The average molecular weight is 288 g/mol. The average Bonchev–Trinajstić information content (AvgIpc) is 2.97. The second-order valence-corrected chi connectivity index (χ2v) is 4.85. The SMILES string of the molecule is CCCc1cc(C(=O)O)cc(N(CC)Cc2ccco2)n1. The number of hydrogen-bond acceptors (Lipinski definition) is 4. The standard InChI is InChI=1S/C16H20N2O3/c1-3-6-13-9-12(16(19)20)10-15(17-13)18(4-2)11-14-7-5-8-21-14/h5,7-10H,3-4,6,11H2,1-2H3,(H,19,20). The van der Waals surface area contributed by atoms with Gasteiger partial charge in [0.05, 0.1) is 18.4 Å². The number of carboxylic acid groups (broad SMARTS) is 1. The van der Waals surface area contributed by atoms with Gasteiger partial charge in [0.2, 0.25) is 0 Å². The Hall–Kier alpha value is -2.30. The number of aromatic carboxylic acids is 1. The maximum absolute atomic E-state index is 11.3. The lowest BCUT2D eigenvalue weighted by atomic mass is 10.1. The molecule has 0 aliphatic carbocycles. The number of carboxylic acids is 1. The fourth-order valence-electron chi connectivity index (χ4n) is 2.19. The fraction of sp³-hybridized carbons (Fsp3) is 0.375. The molecule has 21 heavy (non-hydrogen) atoms. The van der Waals surface area contributed by atoms with Crippen LogP contribution in [0.15, 0.2) is 34.9 Å². The predicted octanol–water partition coefficient (Wildman–Crippen LogP) is 3.35. The molecule has 2 heterocycles. The summed E-state index contributed by atoms with van der Waals surface area (Å²) >= 11 is 0. The Morgan fingerprint density at radius 1 is 1.38 bits per heavy atom. The molecule has 2 rings (SSSR count). The maximum atomic E-state index is 11.3. The molecule has 0 saturated carbocycles. The number of furan rings is 1. The normalized spacial score (nSPS) is 10.6. The highest BCUT2D eigenvalue weighted by atomic mass is 16.4. The van der Waals surface area contributed by atoms with E-state index in [4.69, 9.17) is 4.42 Å². The molecule has 0 spiro atoms.